The maximum atomic E-state index is 14.1. The van der Waals surface area contributed by atoms with E-state index in [1.54, 1.807) is 0 Å². The van der Waals surface area contributed by atoms with Crippen molar-refractivity contribution in [3.63, 3.8) is 0 Å². The first-order valence-corrected chi connectivity index (χ1v) is 8.73. The Hall–Kier alpha value is -2.29. The predicted molar refractivity (Wildman–Crippen MR) is 100 cm³/mol. The summed E-state index contributed by atoms with van der Waals surface area (Å²) in [4.78, 5) is 14.7. The molecular formula is C18H13Cl2F4N3O. The normalized spacial score (nSPS) is 12.9. The van der Waals surface area contributed by atoms with Gasteiger partial charge in [-0.3, -0.25) is 10.1 Å². The first-order chi connectivity index (χ1) is 13.2. The molecule has 1 aromatic heterocycles. The van der Waals surface area contributed by atoms with Crippen molar-refractivity contribution >= 4 is 45.7 Å². The van der Waals surface area contributed by atoms with Crippen LogP contribution in [0.1, 0.15) is 11.6 Å². The SMILES string of the molecule is O=C(CNC(c1c[nH]c2cccc(F)c12)C(F)(F)F)Nc1cccc(Cl)c1Cl. The molecule has 0 bridgehead atoms. The molecule has 1 unspecified atom stereocenters. The third-order valence-electron chi connectivity index (χ3n) is 4.02. The van der Waals surface area contributed by atoms with Crippen LogP contribution in [0.25, 0.3) is 10.9 Å². The molecule has 2 aromatic carbocycles. The molecule has 1 heterocycles. The topological polar surface area (TPSA) is 56.9 Å². The number of hydrogen-bond donors (Lipinski definition) is 3. The van der Waals surface area contributed by atoms with Crippen molar-refractivity contribution in [3.05, 3.63) is 64.0 Å². The average molecular weight is 434 g/mol. The average Bonchev–Trinajstić information content (AvgIpc) is 3.03. The van der Waals surface area contributed by atoms with E-state index < -0.39 is 30.5 Å². The third kappa shape index (κ3) is 4.24. The number of alkyl halides is 3. The van der Waals surface area contributed by atoms with Crippen LogP contribution in [0.4, 0.5) is 23.2 Å². The maximum Gasteiger partial charge on any atom is 0.407 e. The highest BCUT2D eigenvalue weighted by Gasteiger charge is 2.42. The van der Waals surface area contributed by atoms with E-state index in [4.69, 9.17) is 23.2 Å². The van der Waals surface area contributed by atoms with E-state index in [2.05, 4.69) is 15.6 Å². The smallest absolute Gasteiger partial charge is 0.361 e. The minimum Gasteiger partial charge on any atom is -0.361 e. The molecule has 10 heteroatoms. The number of fused-ring (bicyclic) bond motifs is 1. The number of nitrogens with one attached hydrogen (secondary N) is 3. The number of rotatable bonds is 5. The van der Waals surface area contributed by atoms with Crippen molar-refractivity contribution in [3.8, 4) is 0 Å². The number of halogens is 6. The molecule has 0 spiro atoms. The second kappa shape index (κ2) is 7.98. The van der Waals surface area contributed by atoms with E-state index in [0.717, 1.165) is 12.3 Å². The number of benzene rings is 2. The van der Waals surface area contributed by atoms with Crippen LogP contribution >= 0.6 is 23.2 Å². The van der Waals surface area contributed by atoms with Crippen LogP contribution in [0.2, 0.25) is 10.0 Å². The predicted octanol–water partition coefficient (Wildman–Crippen LogP) is 5.45. The molecule has 1 amide bonds. The van der Waals surface area contributed by atoms with Gasteiger partial charge in [-0.25, -0.2) is 4.39 Å². The number of hydrogen-bond acceptors (Lipinski definition) is 2. The van der Waals surface area contributed by atoms with Gasteiger partial charge < -0.3 is 10.3 Å². The quantitative estimate of drug-likeness (QED) is 0.468. The highest BCUT2D eigenvalue weighted by atomic mass is 35.5. The molecule has 0 aliphatic heterocycles. The van der Waals surface area contributed by atoms with Gasteiger partial charge in [0.1, 0.15) is 11.9 Å². The minimum absolute atomic E-state index is 0.0728. The van der Waals surface area contributed by atoms with Crippen LogP contribution in [0.15, 0.2) is 42.6 Å². The Morgan fingerprint density at radius 3 is 2.57 bits per heavy atom. The highest BCUT2D eigenvalue weighted by molar-refractivity contribution is 6.44. The standard InChI is InChI=1S/C18H13Cl2F4N3O/c19-10-3-1-6-13(16(10)20)27-14(28)8-26-17(18(22,23)24)9-7-25-12-5-2-4-11(21)15(9)12/h1-7,17,25-26H,8H2,(H,27,28). The molecule has 3 rings (SSSR count). The summed E-state index contributed by atoms with van der Waals surface area (Å²) in [6.07, 6.45) is -3.68. The fourth-order valence-corrected chi connectivity index (χ4v) is 3.13. The molecule has 28 heavy (non-hydrogen) atoms. The lowest BCUT2D eigenvalue weighted by atomic mass is 10.0. The van der Waals surface area contributed by atoms with Crippen molar-refractivity contribution in [1.82, 2.24) is 10.3 Å². The van der Waals surface area contributed by atoms with Crippen molar-refractivity contribution in [2.45, 2.75) is 12.2 Å². The zero-order valence-corrected chi connectivity index (χ0v) is 15.5. The molecule has 0 fully saturated rings. The summed E-state index contributed by atoms with van der Waals surface area (Å²) in [6.45, 7) is -0.686. The first-order valence-electron chi connectivity index (χ1n) is 7.98. The summed E-state index contributed by atoms with van der Waals surface area (Å²) < 4.78 is 54.8. The van der Waals surface area contributed by atoms with Crippen LogP contribution in [0, 0.1) is 5.82 Å². The van der Waals surface area contributed by atoms with Gasteiger partial charge >= 0.3 is 6.18 Å². The van der Waals surface area contributed by atoms with Gasteiger partial charge in [0, 0.05) is 22.7 Å². The van der Waals surface area contributed by atoms with E-state index in [-0.39, 0.29) is 32.2 Å². The number of anilines is 1. The van der Waals surface area contributed by atoms with Crippen LogP contribution in [-0.4, -0.2) is 23.6 Å². The van der Waals surface area contributed by atoms with Crippen molar-refractivity contribution in [2.75, 3.05) is 11.9 Å². The molecular weight excluding hydrogens is 421 g/mol. The molecule has 1 atom stereocenters. The van der Waals surface area contributed by atoms with Crippen LogP contribution < -0.4 is 10.6 Å². The largest absolute Gasteiger partial charge is 0.407 e. The van der Waals surface area contributed by atoms with Gasteiger partial charge in [-0.2, -0.15) is 13.2 Å². The maximum absolute atomic E-state index is 14.1. The monoisotopic (exact) mass is 433 g/mol. The molecule has 3 N–H and O–H groups in total. The second-order valence-electron chi connectivity index (χ2n) is 5.91. The molecule has 4 nitrogen and oxygen atoms in total. The summed E-state index contributed by atoms with van der Waals surface area (Å²) in [5, 5.41) is 4.60. The van der Waals surface area contributed by atoms with Gasteiger partial charge in [0.2, 0.25) is 5.91 Å². The third-order valence-corrected chi connectivity index (χ3v) is 4.84. The number of aromatic amines is 1. The van der Waals surface area contributed by atoms with Crippen LogP contribution in [0.3, 0.4) is 0 Å². The van der Waals surface area contributed by atoms with Crippen LogP contribution in [-0.2, 0) is 4.79 Å². The second-order valence-corrected chi connectivity index (χ2v) is 6.70. The minimum atomic E-state index is -4.76. The number of carbonyl (C=O) groups excluding carboxylic acids is 1. The van der Waals surface area contributed by atoms with E-state index in [1.165, 1.54) is 30.3 Å². The Morgan fingerprint density at radius 2 is 1.86 bits per heavy atom. The Kier molecular flexibility index (Phi) is 5.83. The fourth-order valence-electron chi connectivity index (χ4n) is 2.78. The van der Waals surface area contributed by atoms with Gasteiger partial charge in [-0.05, 0) is 24.3 Å². The summed E-state index contributed by atoms with van der Waals surface area (Å²) in [5.74, 6) is -1.56. The number of aromatic nitrogens is 1. The number of carbonyl (C=O) groups is 1. The molecule has 0 saturated carbocycles. The first kappa shape index (κ1) is 20.4. The zero-order chi connectivity index (χ0) is 20.5. The summed E-state index contributed by atoms with van der Waals surface area (Å²) in [7, 11) is 0. The van der Waals surface area contributed by atoms with Crippen molar-refractivity contribution in [2.24, 2.45) is 0 Å². The lowest BCUT2D eigenvalue weighted by molar-refractivity contribution is -0.157. The van der Waals surface area contributed by atoms with Gasteiger partial charge in [-0.15, -0.1) is 0 Å². The molecule has 0 saturated heterocycles. The fraction of sp³-hybridized carbons (Fsp3) is 0.167. The van der Waals surface area contributed by atoms with Gasteiger partial charge in [0.15, 0.2) is 0 Å². The van der Waals surface area contributed by atoms with Crippen LogP contribution in [0.5, 0.6) is 0 Å². The lowest BCUT2D eigenvalue weighted by Crippen LogP contribution is -2.38. The van der Waals surface area contributed by atoms with E-state index in [1.807, 2.05) is 0 Å². The zero-order valence-electron chi connectivity index (χ0n) is 14.0. The molecule has 148 valence electrons. The van der Waals surface area contributed by atoms with Gasteiger partial charge in [0.05, 0.1) is 22.3 Å². The van der Waals surface area contributed by atoms with E-state index >= 15 is 0 Å². The Bertz CT molecular complexity index is 1020. The molecule has 0 radical (unpaired) electrons. The molecule has 3 aromatic rings. The van der Waals surface area contributed by atoms with Crippen molar-refractivity contribution in [1.29, 1.82) is 0 Å². The molecule has 0 aliphatic rings. The van der Waals surface area contributed by atoms with Crippen molar-refractivity contribution < 1.29 is 22.4 Å². The summed E-state index contributed by atoms with van der Waals surface area (Å²) in [6, 6.07) is 6.16. The number of H-pyrrole nitrogens is 1. The number of amides is 1. The van der Waals surface area contributed by atoms with E-state index in [9.17, 15) is 22.4 Å². The Morgan fingerprint density at radius 1 is 1.14 bits per heavy atom. The summed E-state index contributed by atoms with van der Waals surface area (Å²) >= 11 is 11.8. The van der Waals surface area contributed by atoms with E-state index in [0.29, 0.717) is 0 Å². The summed E-state index contributed by atoms with van der Waals surface area (Å²) in [5.41, 5.74) is 0.0538. The highest BCUT2D eigenvalue weighted by Crippen LogP contribution is 2.37. The lowest BCUT2D eigenvalue weighted by Gasteiger charge is -2.21. The van der Waals surface area contributed by atoms with Gasteiger partial charge in [-0.1, -0.05) is 35.3 Å². The Labute approximate surface area is 166 Å². The Balaban J connectivity index is 1.80. The molecule has 0 aliphatic carbocycles. The van der Waals surface area contributed by atoms with Gasteiger partial charge in [0.25, 0.3) is 0 Å².